The molecule has 0 saturated heterocycles. The van der Waals surface area contributed by atoms with Crippen LogP contribution in [0.15, 0.2) is 0 Å². The van der Waals surface area contributed by atoms with Crippen molar-refractivity contribution in [1.29, 1.82) is 0 Å². The third-order valence-corrected chi connectivity index (χ3v) is 2.05. The molecule has 15 heavy (non-hydrogen) atoms. The van der Waals surface area contributed by atoms with Gasteiger partial charge in [-0.2, -0.15) is 0 Å². The topological polar surface area (TPSA) is 92.4 Å². The zero-order valence-electron chi connectivity index (χ0n) is 9.32. The fourth-order valence-electron chi connectivity index (χ4n) is 1.32. The largest absolute Gasteiger partial charge is 0.481 e. The Morgan fingerprint density at radius 2 is 2.00 bits per heavy atom. The average molecular weight is 216 g/mol. The smallest absolute Gasteiger partial charge is 0.305 e. The van der Waals surface area contributed by atoms with Crippen LogP contribution in [0.4, 0.5) is 0 Å². The zero-order valence-corrected chi connectivity index (χ0v) is 9.32. The highest BCUT2D eigenvalue weighted by Gasteiger charge is 2.17. The first kappa shape index (κ1) is 13.9. The van der Waals surface area contributed by atoms with Crippen molar-refractivity contribution in [3.05, 3.63) is 0 Å². The van der Waals surface area contributed by atoms with Crippen LogP contribution >= 0.6 is 0 Å². The lowest BCUT2D eigenvalue weighted by Crippen LogP contribution is -2.36. The molecule has 5 heteroatoms. The summed E-state index contributed by atoms with van der Waals surface area (Å²) in [5.74, 6) is -0.863. The van der Waals surface area contributed by atoms with Gasteiger partial charge >= 0.3 is 5.97 Å². The van der Waals surface area contributed by atoms with E-state index in [-0.39, 0.29) is 24.8 Å². The molecule has 0 rings (SSSR count). The molecule has 0 aliphatic rings. The van der Waals surface area contributed by atoms with Gasteiger partial charge in [0.05, 0.1) is 12.3 Å². The Morgan fingerprint density at radius 3 is 2.40 bits per heavy atom. The molecule has 0 aliphatic carbocycles. The van der Waals surface area contributed by atoms with E-state index in [1.54, 1.807) is 0 Å². The zero-order chi connectivity index (χ0) is 11.8. The molecule has 1 unspecified atom stereocenters. The van der Waals surface area contributed by atoms with Crippen LogP contribution in [0, 0.1) is 11.8 Å². The number of nitrogens with one attached hydrogen (secondary N) is 1. The van der Waals surface area contributed by atoms with Crippen LogP contribution in [0.2, 0.25) is 0 Å². The summed E-state index contributed by atoms with van der Waals surface area (Å²) in [5.41, 5.74) is 5.48. The Bertz CT molecular complexity index is 217. The number of carboxylic acids is 1. The van der Waals surface area contributed by atoms with Crippen molar-refractivity contribution in [2.24, 2.45) is 17.6 Å². The maximum Gasteiger partial charge on any atom is 0.305 e. The second kappa shape index (κ2) is 7.23. The van der Waals surface area contributed by atoms with Crippen molar-refractivity contribution in [3.8, 4) is 0 Å². The lowest BCUT2D eigenvalue weighted by Gasteiger charge is -2.16. The van der Waals surface area contributed by atoms with Crippen molar-refractivity contribution < 1.29 is 14.7 Å². The molecule has 88 valence electrons. The molecule has 0 fully saturated rings. The van der Waals surface area contributed by atoms with Crippen LogP contribution in [0.3, 0.4) is 0 Å². The molecule has 5 nitrogen and oxygen atoms in total. The Morgan fingerprint density at radius 1 is 1.40 bits per heavy atom. The minimum Gasteiger partial charge on any atom is -0.481 e. The average Bonchev–Trinajstić information content (AvgIpc) is 2.13. The molecule has 1 amide bonds. The maximum absolute atomic E-state index is 11.5. The molecule has 0 aromatic heterocycles. The maximum atomic E-state index is 11.5. The molecule has 0 spiro atoms. The second-order valence-corrected chi connectivity index (χ2v) is 4.00. The standard InChI is InChI=1S/C10H20N2O3/c1-7(2)5-8(6-11)10(15)12-4-3-9(13)14/h7-8H,3-6,11H2,1-2H3,(H,12,15)(H,13,14). The number of hydrogen-bond acceptors (Lipinski definition) is 3. The Kier molecular flexibility index (Phi) is 6.70. The first-order valence-corrected chi connectivity index (χ1v) is 5.17. The van der Waals surface area contributed by atoms with Crippen molar-refractivity contribution in [2.45, 2.75) is 26.7 Å². The highest BCUT2D eigenvalue weighted by molar-refractivity contribution is 5.79. The van der Waals surface area contributed by atoms with Gasteiger partial charge in [-0.15, -0.1) is 0 Å². The van der Waals surface area contributed by atoms with E-state index in [1.165, 1.54) is 0 Å². The number of hydrogen-bond donors (Lipinski definition) is 3. The molecule has 1 atom stereocenters. The van der Waals surface area contributed by atoms with E-state index < -0.39 is 5.97 Å². The van der Waals surface area contributed by atoms with Crippen molar-refractivity contribution in [2.75, 3.05) is 13.1 Å². The summed E-state index contributed by atoms with van der Waals surface area (Å²) in [7, 11) is 0. The third kappa shape index (κ3) is 6.90. The van der Waals surface area contributed by atoms with E-state index in [0.29, 0.717) is 12.5 Å². The number of aliphatic carboxylic acids is 1. The van der Waals surface area contributed by atoms with Crippen LogP contribution in [-0.4, -0.2) is 30.1 Å². The Labute approximate surface area is 90.0 Å². The molecular formula is C10H20N2O3. The predicted molar refractivity (Wildman–Crippen MR) is 57.3 cm³/mol. The van der Waals surface area contributed by atoms with E-state index in [9.17, 15) is 9.59 Å². The lowest BCUT2D eigenvalue weighted by molar-refractivity contribution is -0.137. The normalized spacial score (nSPS) is 12.5. The van der Waals surface area contributed by atoms with Crippen molar-refractivity contribution in [1.82, 2.24) is 5.32 Å². The number of carboxylic acid groups (broad SMARTS) is 1. The van der Waals surface area contributed by atoms with E-state index in [1.807, 2.05) is 13.8 Å². The number of carbonyl (C=O) groups is 2. The molecular weight excluding hydrogens is 196 g/mol. The first-order chi connectivity index (χ1) is 6.97. The van der Waals surface area contributed by atoms with E-state index in [2.05, 4.69) is 5.32 Å². The molecule has 0 heterocycles. The van der Waals surface area contributed by atoms with Crippen molar-refractivity contribution >= 4 is 11.9 Å². The monoisotopic (exact) mass is 216 g/mol. The van der Waals surface area contributed by atoms with Gasteiger partial charge in [-0.25, -0.2) is 0 Å². The third-order valence-electron chi connectivity index (χ3n) is 2.05. The first-order valence-electron chi connectivity index (χ1n) is 5.17. The van der Waals surface area contributed by atoms with Gasteiger partial charge in [0.1, 0.15) is 0 Å². The summed E-state index contributed by atoms with van der Waals surface area (Å²) < 4.78 is 0. The number of rotatable bonds is 7. The Balaban J connectivity index is 3.88. The van der Waals surface area contributed by atoms with Gasteiger partial charge < -0.3 is 16.2 Å². The molecule has 0 radical (unpaired) electrons. The summed E-state index contributed by atoms with van der Waals surface area (Å²) in [6, 6.07) is 0. The summed E-state index contributed by atoms with van der Waals surface area (Å²) in [4.78, 5) is 21.7. The van der Waals surface area contributed by atoms with Gasteiger partial charge in [-0.05, 0) is 12.3 Å². The minimum atomic E-state index is -0.913. The van der Waals surface area contributed by atoms with Gasteiger partial charge in [0.2, 0.25) is 5.91 Å². The number of amides is 1. The van der Waals surface area contributed by atoms with Crippen LogP contribution in [0.5, 0.6) is 0 Å². The van der Waals surface area contributed by atoms with Gasteiger partial charge in [0, 0.05) is 13.1 Å². The molecule has 0 aliphatic heterocycles. The SMILES string of the molecule is CC(C)CC(CN)C(=O)NCCC(=O)O. The van der Waals surface area contributed by atoms with Gasteiger partial charge in [0.15, 0.2) is 0 Å². The minimum absolute atomic E-state index is 0.0509. The number of carbonyl (C=O) groups excluding carboxylic acids is 1. The predicted octanol–water partition coefficient (Wildman–Crippen LogP) is 0.198. The van der Waals surface area contributed by atoms with E-state index >= 15 is 0 Å². The van der Waals surface area contributed by atoms with Crippen LogP contribution in [-0.2, 0) is 9.59 Å². The summed E-state index contributed by atoms with van der Waals surface area (Å²) >= 11 is 0. The van der Waals surface area contributed by atoms with Crippen LogP contribution < -0.4 is 11.1 Å². The van der Waals surface area contributed by atoms with E-state index in [0.717, 1.165) is 6.42 Å². The quantitative estimate of drug-likeness (QED) is 0.566. The summed E-state index contributed by atoms with van der Waals surface area (Å²) in [5, 5.41) is 11.0. The lowest BCUT2D eigenvalue weighted by atomic mass is 9.96. The summed E-state index contributed by atoms with van der Waals surface area (Å²) in [6.07, 6.45) is 0.681. The highest BCUT2D eigenvalue weighted by atomic mass is 16.4. The molecule has 0 aromatic carbocycles. The fourth-order valence-corrected chi connectivity index (χ4v) is 1.32. The molecule has 0 saturated carbocycles. The molecule has 0 aromatic rings. The van der Waals surface area contributed by atoms with E-state index in [4.69, 9.17) is 10.8 Å². The molecule has 0 bridgehead atoms. The highest BCUT2D eigenvalue weighted by Crippen LogP contribution is 2.10. The fraction of sp³-hybridized carbons (Fsp3) is 0.800. The van der Waals surface area contributed by atoms with Gasteiger partial charge in [-0.1, -0.05) is 13.8 Å². The Hall–Kier alpha value is -1.10. The van der Waals surface area contributed by atoms with Crippen LogP contribution in [0.1, 0.15) is 26.7 Å². The van der Waals surface area contributed by atoms with Crippen molar-refractivity contribution in [3.63, 3.8) is 0 Å². The van der Waals surface area contributed by atoms with Gasteiger partial charge in [-0.3, -0.25) is 9.59 Å². The second-order valence-electron chi connectivity index (χ2n) is 4.00. The van der Waals surface area contributed by atoms with Gasteiger partial charge in [0.25, 0.3) is 0 Å². The summed E-state index contributed by atoms with van der Waals surface area (Å²) in [6.45, 7) is 4.51. The molecule has 4 N–H and O–H groups in total. The number of nitrogens with two attached hydrogens (primary N) is 1. The van der Waals surface area contributed by atoms with Crippen LogP contribution in [0.25, 0.3) is 0 Å².